The van der Waals surface area contributed by atoms with E-state index in [1.807, 2.05) is 24.3 Å². The Morgan fingerprint density at radius 3 is 2.57 bits per heavy atom. The number of hydrogen-bond acceptors (Lipinski definition) is 7. The minimum atomic E-state index is -0.209. The lowest BCUT2D eigenvalue weighted by molar-refractivity contribution is 0.0947. The van der Waals surface area contributed by atoms with E-state index in [4.69, 9.17) is 14.0 Å². The van der Waals surface area contributed by atoms with E-state index in [0.717, 1.165) is 5.69 Å². The lowest BCUT2D eigenvalue weighted by Crippen LogP contribution is -2.22. The quantitative estimate of drug-likeness (QED) is 0.481. The van der Waals surface area contributed by atoms with Gasteiger partial charge in [-0.25, -0.2) is 9.67 Å². The molecule has 2 heterocycles. The molecule has 4 aromatic rings. The van der Waals surface area contributed by atoms with Gasteiger partial charge in [0.25, 0.3) is 5.91 Å². The predicted octanol–water partition coefficient (Wildman–Crippen LogP) is 2.77. The second-order valence-electron chi connectivity index (χ2n) is 6.32. The lowest BCUT2D eigenvalue weighted by atomic mass is 10.2. The molecule has 1 N–H and O–H groups in total. The summed E-state index contributed by atoms with van der Waals surface area (Å²) in [5.41, 5.74) is 2.05. The lowest BCUT2D eigenvalue weighted by Gasteiger charge is -2.05. The average Bonchev–Trinajstić information content (AvgIpc) is 3.49. The third-order valence-corrected chi connectivity index (χ3v) is 4.29. The summed E-state index contributed by atoms with van der Waals surface area (Å²) in [7, 11) is 1.58. The normalized spacial score (nSPS) is 10.6. The van der Waals surface area contributed by atoms with E-state index in [2.05, 4.69) is 20.6 Å². The third-order valence-electron chi connectivity index (χ3n) is 4.29. The van der Waals surface area contributed by atoms with Crippen molar-refractivity contribution in [1.82, 2.24) is 25.2 Å². The standard InChI is InChI=1S/C21H19N5O4/c1-28-18-6-2-15(3-7-18)21(27)23-11-20-10-16(25-30-20)12-29-19-8-4-17(5-9-19)26-14-22-13-24-26/h2-10,13-14H,11-12H2,1H3,(H,23,27). The number of rotatable bonds is 8. The maximum atomic E-state index is 12.2. The highest BCUT2D eigenvalue weighted by Gasteiger charge is 2.09. The molecule has 0 aliphatic rings. The molecule has 0 saturated heterocycles. The van der Waals surface area contributed by atoms with Crippen LogP contribution in [0.25, 0.3) is 5.69 Å². The number of aromatic nitrogens is 4. The second kappa shape index (κ2) is 8.91. The molecule has 1 amide bonds. The SMILES string of the molecule is COc1ccc(C(=O)NCc2cc(COc3ccc(-n4cncn4)cc3)no2)cc1. The number of hydrogen-bond donors (Lipinski definition) is 1. The molecule has 0 spiro atoms. The van der Waals surface area contributed by atoms with E-state index in [1.165, 1.54) is 6.33 Å². The van der Waals surface area contributed by atoms with Gasteiger partial charge in [-0.05, 0) is 48.5 Å². The predicted molar refractivity (Wildman–Crippen MR) is 106 cm³/mol. The number of nitrogens with zero attached hydrogens (tertiary/aromatic N) is 4. The monoisotopic (exact) mass is 405 g/mol. The van der Waals surface area contributed by atoms with Gasteiger partial charge in [0.1, 0.15) is 36.5 Å². The summed E-state index contributed by atoms with van der Waals surface area (Å²) in [4.78, 5) is 16.1. The summed E-state index contributed by atoms with van der Waals surface area (Å²) < 4.78 is 17.7. The minimum absolute atomic E-state index is 0.209. The van der Waals surface area contributed by atoms with Gasteiger partial charge in [-0.15, -0.1) is 0 Å². The number of amides is 1. The van der Waals surface area contributed by atoms with Gasteiger partial charge in [0.05, 0.1) is 19.3 Å². The van der Waals surface area contributed by atoms with Gasteiger partial charge in [0, 0.05) is 11.6 Å². The molecule has 0 saturated carbocycles. The Morgan fingerprint density at radius 1 is 1.10 bits per heavy atom. The van der Waals surface area contributed by atoms with Crippen molar-refractivity contribution in [3.8, 4) is 17.2 Å². The van der Waals surface area contributed by atoms with Crippen LogP contribution in [0.3, 0.4) is 0 Å². The fourth-order valence-electron chi connectivity index (χ4n) is 2.71. The zero-order valence-electron chi connectivity index (χ0n) is 16.2. The molecule has 0 aliphatic carbocycles. The zero-order valence-corrected chi connectivity index (χ0v) is 16.2. The highest BCUT2D eigenvalue weighted by Crippen LogP contribution is 2.16. The Labute approximate surface area is 172 Å². The largest absolute Gasteiger partial charge is 0.497 e. The van der Waals surface area contributed by atoms with Gasteiger partial charge in [-0.1, -0.05) is 5.16 Å². The minimum Gasteiger partial charge on any atom is -0.497 e. The van der Waals surface area contributed by atoms with Gasteiger partial charge in [0.2, 0.25) is 0 Å². The van der Waals surface area contributed by atoms with Crippen molar-refractivity contribution < 1.29 is 18.8 Å². The third kappa shape index (κ3) is 4.64. The van der Waals surface area contributed by atoms with Crippen molar-refractivity contribution in [2.45, 2.75) is 13.2 Å². The summed E-state index contributed by atoms with van der Waals surface area (Å²) in [5, 5.41) is 10.8. The number of methoxy groups -OCH3 is 1. The van der Waals surface area contributed by atoms with Crippen molar-refractivity contribution in [2.24, 2.45) is 0 Å². The first-order valence-electron chi connectivity index (χ1n) is 9.16. The first kappa shape index (κ1) is 19.2. The van der Waals surface area contributed by atoms with Crippen LogP contribution in [-0.4, -0.2) is 32.9 Å². The fourth-order valence-corrected chi connectivity index (χ4v) is 2.71. The fraction of sp³-hybridized carbons (Fsp3) is 0.143. The van der Waals surface area contributed by atoms with Crippen LogP contribution in [-0.2, 0) is 13.2 Å². The smallest absolute Gasteiger partial charge is 0.251 e. The maximum absolute atomic E-state index is 12.2. The molecular formula is C21H19N5O4. The molecule has 30 heavy (non-hydrogen) atoms. The van der Waals surface area contributed by atoms with E-state index in [1.54, 1.807) is 48.5 Å². The molecule has 152 valence electrons. The van der Waals surface area contributed by atoms with E-state index in [0.29, 0.717) is 28.5 Å². The van der Waals surface area contributed by atoms with Crippen LogP contribution < -0.4 is 14.8 Å². The molecule has 9 heteroatoms. The van der Waals surface area contributed by atoms with Crippen LogP contribution in [0.2, 0.25) is 0 Å². The summed E-state index contributed by atoms with van der Waals surface area (Å²) in [6.07, 6.45) is 3.10. The molecule has 0 unspecified atom stereocenters. The Hall–Kier alpha value is -4.14. The Morgan fingerprint density at radius 2 is 1.87 bits per heavy atom. The number of carbonyl (C=O) groups is 1. The number of ether oxygens (including phenoxy) is 2. The van der Waals surface area contributed by atoms with Crippen LogP contribution in [0, 0.1) is 0 Å². The van der Waals surface area contributed by atoms with Gasteiger partial charge in [0.15, 0.2) is 5.76 Å². The average molecular weight is 405 g/mol. The van der Waals surface area contributed by atoms with Gasteiger partial charge >= 0.3 is 0 Å². The van der Waals surface area contributed by atoms with Crippen molar-refractivity contribution in [3.05, 3.63) is 84.3 Å². The highest BCUT2D eigenvalue weighted by atomic mass is 16.5. The molecule has 4 rings (SSSR count). The molecular weight excluding hydrogens is 386 g/mol. The molecule has 0 bridgehead atoms. The topological polar surface area (TPSA) is 104 Å². The second-order valence-corrected chi connectivity index (χ2v) is 6.32. The number of carbonyl (C=O) groups excluding carboxylic acids is 1. The van der Waals surface area contributed by atoms with Crippen LogP contribution in [0.4, 0.5) is 0 Å². The van der Waals surface area contributed by atoms with Gasteiger partial charge in [-0.2, -0.15) is 5.10 Å². The van der Waals surface area contributed by atoms with Gasteiger partial charge in [-0.3, -0.25) is 4.79 Å². The first-order valence-corrected chi connectivity index (χ1v) is 9.16. The molecule has 2 aromatic heterocycles. The Kier molecular flexibility index (Phi) is 5.70. The number of benzene rings is 2. The van der Waals surface area contributed by atoms with E-state index < -0.39 is 0 Å². The summed E-state index contributed by atoms with van der Waals surface area (Å²) in [6, 6.07) is 16.1. The van der Waals surface area contributed by atoms with E-state index >= 15 is 0 Å². The van der Waals surface area contributed by atoms with Crippen LogP contribution in [0.1, 0.15) is 21.8 Å². The summed E-state index contributed by atoms with van der Waals surface area (Å²) >= 11 is 0. The van der Waals surface area contributed by atoms with Crippen molar-refractivity contribution in [2.75, 3.05) is 7.11 Å². The van der Waals surface area contributed by atoms with Crippen LogP contribution in [0.15, 0.2) is 71.8 Å². The van der Waals surface area contributed by atoms with Crippen LogP contribution >= 0.6 is 0 Å². The molecule has 0 aliphatic heterocycles. The molecule has 0 fully saturated rings. The zero-order chi connectivity index (χ0) is 20.8. The van der Waals surface area contributed by atoms with E-state index in [-0.39, 0.29) is 19.1 Å². The van der Waals surface area contributed by atoms with Crippen LogP contribution in [0.5, 0.6) is 11.5 Å². The Balaban J connectivity index is 1.27. The Bertz CT molecular complexity index is 1090. The summed E-state index contributed by atoms with van der Waals surface area (Å²) in [6.45, 7) is 0.475. The number of nitrogens with one attached hydrogen (secondary N) is 1. The van der Waals surface area contributed by atoms with Gasteiger partial charge < -0.3 is 19.3 Å². The maximum Gasteiger partial charge on any atom is 0.251 e. The molecule has 9 nitrogen and oxygen atoms in total. The van der Waals surface area contributed by atoms with E-state index in [9.17, 15) is 4.79 Å². The van der Waals surface area contributed by atoms with Crippen molar-refractivity contribution in [3.63, 3.8) is 0 Å². The first-order chi connectivity index (χ1) is 14.7. The summed E-state index contributed by atoms with van der Waals surface area (Å²) in [5.74, 6) is 1.71. The van der Waals surface area contributed by atoms with Crippen molar-refractivity contribution in [1.29, 1.82) is 0 Å². The molecule has 0 radical (unpaired) electrons. The molecule has 0 atom stereocenters. The van der Waals surface area contributed by atoms with Crippen molar-refractivity contribution >= 4 is 5.91 Å². The highest BCUT2D eigenvalue weighted by molar-refractivity contribution is 5.94. The molecule has 2 aromatic carbocycles.